The molecule has 1 heterocycles. The summed E-state index contributed by atoms with van der Waals surface area (Å²) >= 11 is 4.67. The first-order chi connectivity index (χ1) is 10.7. The molecule has 0 bridgehead atoms. The quantitative estimate of drug-likeness (QED) is 0.642. The number of fused-ring (bicyclic) bond motifs is 1. The van der Waals surface area contributed by atoms with E-state index in [1.165, 1.54) is 0 Å². The monoisotopic (exact) mass is 310 g/mol. The van der Waals surface area contributed by atoms with Gasteiger partial charge in [0.1, 0.15) is 5.75 Å². The molecule has 2 aromatic rings. The van der Waals surface area contributed by atoms with E-state index in [-0.39, 0.29) is 5.91 Å². The number of isothiocyanates is 1. The fourth-order valence-corrected chi connectivity index (χ4v) is 2.72. The molecule has 2 aromatic carbocycles. The van der Waals surface area contributed by atoms with Crippen LogP contribution in [0.4, 0.5) is 5.69 Å². The molecule has 1 aliphatic rings. The normalized spacial score (nSPS) is 16.1. The summed E-state index contributed by atoms with van der Waals surface area (Å²) in [7, 11) is 1.63. The van der Waals surface area contributed by atoms with Crippen molar-refractivity contribution >= 4 is 29.0 Å². The van der Waals surface area contributed by atoms with Gasteiger partial charge in [-0.05, 0) is 36.0 Å². The molecule has 110 valence electrons. The van der Waals surface area contributed by atoms with Crippen LogP contribution in [0, 0.1) is 0 Å². The molecule has 0 radical (unpaired) electrons. The van der Waals surface area contributed by atoms with Crippen LogP contribution in [0.2, 0.25) is 0 Å². The molecule has 22 heavy (non-hydrogen) atoms. The number of benzene rings is 2. The van der Waals surface area contributed by atoms with Crippen LogP contribution in [0.15, 0.2) is 53.5 Å². The van der Waals surface area contributed by atoms with Crippen LogP contribution in [0.1, 0.15) is 17.2 Å². The number of nitrogens with zero attached hydrogens (tertiary/aromatic N) is 2. The molecule has 0 aliphatic carbocycles. The van der Waals surface area contributed by atoms with E-state index >= 15 is 0 Å². The third-order valence-corrected chi connectivity index (χ3v) is 3.81. The number of thiocarbonyl (C=S) groups is 1. The van der Waals surface area contributed by atoms with Gasteiger partial charge >= 0.3 is 0 Å². The van der Waals surface area contributed by atoms with Crippen LogP contribution in [-0.4, -0.2) is 18.2 Å². The summed E-state index contributed by atoms with van der Waals surface area (Å²) in [5.74, 6) is 0.717. The second-order valence-electron chi connectivity index (χ2n) is 4.95. The topological polar surface area (TPSA) is 41.9 Å². The van der Waals surface area contributed by atoms with Gasteiger partial charge in [0.05, 0.1) is 18.8 Å². The Morgan fingerprint density at radius 1 is 1.23 bits per heavy atom. The predicted molar refractivity (Wildman–Crippen MR) is 88.4 cm³/mol. The first-order valence-corrected chi connectivity index (χ1v) is 7.25. The number of anilines is 1. The number of ether oxygens (including phenoxy) is 1. The van der Waals surface area contributed by atoms with E-state index in [0.717, 1.165) is 22.6 Å². The number of carbonyl (C=O) groups is 1. The molecule has 0 aromatic heterocycles. The zero-order valence-electron chi connectivity index (χ0n) is 12.0. The minimum atomic E-state index is -0.577. The van der Waals surface area contributed by atoms with E-state index in [1.54, 1.807) is 12.0 Å². The lowest BCUT2D eigenvalue weighted by Crippen LogP contribution is -2.27. The number of para-hydroxylation sites is 1. The van der Waals surface area contributed by atoms with Gasteiger partial charge in [0, 0.05) is 11.3 Å². The predicted octanol–water partition coefficient (Wildman–Crippen LogP) is 3.39. The zero-order valence-corrected chi connectivity index (χ0v) is 12.8. The van der Waals surface area contributed by atoms with Crippen molar-refractivity contribution in [2.75, 3.05) is 12.0 Å². The maximum atomic E-state index is 12.6. The molecular formula is C17H14N2O2S. The second-order valence-corrected chi connectivity index (χ2v) is 5.14. The van der Waals surface area contributed by atoms with Gasteiger partial charge in [0.25, 0.3) is 5.91 Å². The average molecular weight is 310 g/mol. The number of amides is 1. The molecule has 1 amide bonds. The standard InChI is InChI=1S/C17H14N2O2S/c1-21-13-8-6-12(7-9-13)10-19-15-5-3-2-4-14(15)16(17(19)20)18-11-22/h2-9,16H,10H2,1H3. The van der Waals surface area contributed by atoms with Gasteiger partial charge in [0.15, 0.2) is 6.04 Å². The maximum Gasteiger partial charge on any atom is 0.257 e. The molecule has 1 aliphatic heterocycles. The van der Waals surface area contributed by atoms with Crippen LogP contribution < -0.4 is 9.64 Å². The number of hydrogen-bond acceptors (Lipinski definition) is 4. The largest absolute Gasteiger partial charge is 0.497 e. The van der Waals surface area contributed by atoms with Gasteiger partial charge in [-0.25, -0.2) is 4.99 Å². The molecular weight excluding hydrogens is 296 g/mol. The summed E-state index contributed by atoms with van der Waals surface area (Å²) in [5, 5.41) is 2.32. The number of rotatable bonds is 4. The van der Waals surface area contributed by atoms with Crippen molar-refractivity contribution < 1.29 is 9.53 Å². The molecule has 0 saturated carbocycles. The Bertz CT molecular complexity index is 752. The maximum absolute atomic E-state index is 12.6. The first kappa shape index (κ1) is 14.4. The Labute approximate surface area is 134 Å². The van der Waals surface area contributed by atoms with Gasteiger partial charge in [0.2, 0.25) is 0 Å². The Hall–Kier alpha value is -2.49. The summed E-state index contributed by atoms with van der Waals surface area (Å²) in [4.78, 5) is 18.4. The molecule has 0 fully saturated rings. The minimum absolute atomic E-state index is 0.0747. The summed E-state index contributed by atoms with van der Waals surface area (Å²) in [6.45, 7) is 0.489. The van der Waals surface area contributed by atoms with Crippen LogP contribution in [0.5, 0.6) is 5.75 Å². The molecule has 5 heteroatoms. The van der Waals surface area contributed by atoms with Gasteiger partial charge < -0.3 is 9.64 Å². The Balaban J connectivity index is 1.93. The van der Waals surface area contributed by atoms with Crippen LogP contribution in [0.3, 0.4) is 0 Å². The lowest BCUT2D eigenvalue weighted by atomic mass is 10.1. The Kier molecular flexibility index (Phi) is 4.00. The SMILES string of the molecule is COc1ccc(CN2C(=O)C(N=C=S)c3ccccc32)cc1. The van der Waals surface area contributed by atoms with E-state index in [2.05, 4.69) is 22.4 Å². The van der Waals surface area contributed by atoms with Crippen molar-refractivity contribution in [1.29, 1.82) is 0 Å². The van der Waals surface area contributed by atoms with E-state index in [4.69, 9.17) is 4.74 Å². The smallest absolute Gasteiger partial charge is 0.257 e. The summed E-state index contributed by atoms with van der Waals surface area (Å²) < 4.78 is 5.15. The van der Waals surface area contributed by atoms with E-state index in [1.807, 2.05) is 48.5 Å². The van der Waals surface area contributed by atoms with Crippen molar-refractivity contribution in [2.24, 2.45) is 4.99 Å². The second kappa shape index (κ2) is 6.10. The molecule has 0 saturated heterocycles. The minimum Gasteiger partial charge on any atom is -0.497 e. The third kappa shape index (κ3) is 2.52. The van der Waals surface area contributed by atoms with Crippen LogP contribution in [0.25, 0.3) is 0 Å². The number of carbonyl (C=O) groups excluding carboxylic acids is 1. The molecule has 0 N–H and O–H groups in total. The summed E-state index contributed by atoms with van der Waals surface area (Å²) in [5.41, 5.74) is 2.77. The molecule has 0 spiro atoms. The first-order valence-electron chi connectivity index (χ1n) is 6.85. The van der Waals surface area contributed by atoms with Crippen LogP contribution in [-0.2, 0) is 11.3 Å². The lowest BCUT2D eigenvalue weighted by Gasteiger charge is -2.17. The Morgan fingerprint density at radius 3 is 2.64 bits per heavy atom. The van der Waals surface area contributed by atoms with Crippen molar-refractivity contribution in [3.05, 3.63) is 59.7 Å². The lowest BCUT2D eigenvalue weighted by molar-refractivity contribution is -0.119. The van der Waals surface area contributed by atoms with E-state index in [0.29, 0.717) is 6.54 Å². The highest BCUT2D eigenvalue weighted by Crippen LogP contribution is 2.38. The third-order valence-electron chi connectivity index (χ3n) is 3.70. The van der Waals surface area contributed by atoms with Gasteiger partial charge in [-0.3, -0.25) is 4.79 Å². The summed E-state index contributed by atoms with van der Waals surface area (Å²) in [6.07, 6.45) is 0. The van der Waals surface area contributed by atoms with Crippen molar-refractivity contribution in [3.8, 4) is 5.75 Å². The van der Waals surface area contributed by atoms with Crippen LogP contribution >= 0.6 is 12.2 Å². The Morgan fingerprint density at radius 2 is 1.95 bits per heavy atom. The van der Waals surface area contributed by atoms with E-state index in [9.17, 15) is 4.79 Å². The fourth-order valence-electron chi connectivity index (χ4n) is 2.62. The zero-order chi connectivity index (χ0) is 15.5. The van der Waals surface area contributed by atoms with Gasteiger partial charge in [-0.2, -0.15) is 0 Å². The molecule has 4 nitrogen and oxygen atoms in total. The van der Waals surface area contributed by atoms with Crippen molar-refractivity contribution in [1.82, 2.24) is 0 Å². The van der Waals surface area contributed by atoms with E-state index < -0.39 is 6.04 Å². The number of hydrogen-bond donors (Lipinski definition) is 0. The number of methoxy groups -OCH3 is 1. The molecule has 1 atom stereocenters. The highest BCUT2D eigenvalue weighted by atomic mass is 32.1. The number of aliphatic imine (C=N–C) groups is 1. The van der Waals surface area contributed by atoms with Crippen molar-refractivity contribution in [3.63, 3.8) is 0 Å². The fraction of sp³-hybridized carbons (Fsp3) is 0.176. The highest BCUT2D eigenvalue weighted by Gasteiger charge is 2.36. The molecule has 3 rings (SSSR count). The summed E-state index contributed by atoms with van der Waals surface area (Å²) in [6, 6.07) is 14.7. The molecule has 1 unspecified atom stereocenters. The van der Waals surface area contributed by atoms with Crippen molar-refractivity contribution in [2.45, 2.75) is 12.6 Å². The average Bonchev–Trinajstić information content (AvgIpc) is 2.82. The van der Waals surface area contributed by atoms with Gasteiger partial charge in [-0.1, -0.05) is 30.3 Å². The van der Waals surface area contributed by atoms with Gasteiger partial charge in [-0.15, -0.1) is 0 Å². The highest BCUT2D eigenvalue weighted by molar-refractivity contribution is 7.78.